The van der Waals surface area contributed by atoms with Gasteiger partial charge in [0.2, 0.25) is 5.91 Å². The minimum absolute atomic E-state index is 0.0704. The third-order valence-corrected chi connectivity index (χ3v) is 1.51. The second-order valence-electron chi connectivity index (χ2n) is 3.45. The van der Waals surface area contributed by atoms with Crippen LogP contribution in [-0.2, 0) is 9.53 Å². The summed E-state index contributed by atoms with van der Waals surface area (Å²) in [7, 11) is 0. The fraction of sp³-hybridized carbons (Fsp3) is 0.889. The minimum atomic E-state index is -0.131. The highest BCUT2D eigenvalue weighted by Crippen LogP contribution is 1.90. The third kappa shape index (κ3) is 7.74. The molecule has 78 valence electrons. The first-order valence-corrected chi connectivity index (χ1v) is 4.55. The Morgan fingerprint density at radius 2 is 2.08 bits per heavy atom. The summed E-state index contributed by atoms with van der Waals surface area (Å²) in [6.45, 7) is 6.30. The molecule has 4 nitrogen and oxygen atoms in total. The molecule has 1 unspecified atom stereocenters. The van der Waals surface area contributed by atoms with Gasteiger partial charge in [0.05, 0.1) is 6.10 Å². The largest absolute Gasteiger partial charge is 0.396 e. The van der Waals surface area contributed by atoms with Crippen LogP contribution in [0.5, 0.6) is 0 Å². The average Bonchev–Trinajstić information content (AvgIpc) is 2.10. The number of carbonyl (C=O) groups excluding carboxylic acids is 1. The van der Waals surface area contributed by atoms with Gasteiger partial charge in [-0.25, -0.2) is 0 Å². The van der Waals surface area contributed by atoms with Crippen LogP contribution in [0.4, 0.5) is 0 Å². The first-order valence-electron chi connectivity index (χ1n) is 4.55. The molecule has 0 saturated heterocycles. The van der Waals surface area contributed by atoms with Crippen molar-refractivity contribution in [1.82, 2.24) is 5.32 Å². The number of ether oxygens (including phenoxy) is 1. The molecule has 4 heteroatoms. The number of carbonyl (C=O) groups is 1. The predicted octanol–water partition coefficient (Wildman–Crippen LogP) is 0.156. The molecule has 0 bridgehead atoms. The topological polar surface area (TPSA) is 58.6 Å². The normalized spacial score (nSPS) is 13.0. The second kappa shape index (κ2) is 6.86. The van der Waals surface area contributed by atoms with Crippen molar-refractivity contribution in [2.45, 2.75) is 26.9 Å². The van der Waals surface area contributed by atoms with Crippen LogP contribution < -0.4 is 5.32 Å². The van der Waals surface area contributed by atoms with Gasteiger partial charge < -0.3 is 15.2 Å². The van der Waals surface area contributed by atoms with E-state index in [1.807, 2.05) is 20.8 Å². The lowest BCUT2D eigenvalue weighted by Crippen LogP contribution is -2.33. The molecule has 13 heavy (non-hydrogen) atoms. The molecule has 0 rings (SSSR count). The lowest BCUT2D eigenvalue weighted by Gasteiger charge is -2.10. The average molecular weight is 189 g/mol. The Morgan fingerprint density at radius 3 is 2.54 bits per heavy atom. The van der Waals surface area contributed by atoms with E-state index in [9.17, 15) is 4.79 Å². The van der Waals surface area contributed by atoms with Gasteiger partial charge in [0.1, 0.15) is 6.61 Å². The summed E-state index contributed by atoms with van der Waals surface area (Å²) in [6, 6.07) is 0. The summed E-state index contributed by atoms with van der Waals surface area (Å²) in [5.74, 6) is -0.0306. The van der Waals surface area contributed by atoms with Gasteiger partial charge in [0.25, 0.3) is 0 Å². The zero-order valence-corrected chi connectivity index (χ0v) is 8.54. The fourth-order valence-electron chi connectivity index (χ4n) is 0.646. The summed E-state index contributed by atoms with van der Waals surface area (Å²) in [5, 5.41) is 11.3. The van der Waals surface area contributed by atoms with Gasteiger partial charge in [-0.3, -0.25) is 4.79 Å². The Labute approximate surface area is 79.3 Å². The van der Waals surface area contributed by atoms with Crippen LogP contribution in [0.2, 0.25) is 0 Å². The van der Waals surface area contributed by atoms with Crippen molar-refractivity contribution in [3.63, 3.8) is 0 Å². The highest BCUT2D eigenvalue weighted by molar-refractivity contribution is 5.77. The van der Waals surface area contributed by atoms with Crippen LogP contribution in [0.25, 0.3) is 0 Å². The maximum absolute atomic E-state index is 11.1. The second-order valence-corrected chi connectivity index (χ2v) is 3.45. The molecule has 0 saturated carbocycles. The highest BCUT2D eigenvalue weighted by Gasteiger charge is 2.05. The maximum atomic E-state index is 11.1. The van der Waals surface area contributed by atoms with Gasteiger partial charge in [-0.2, -0.15) is 0 Å². The zero-order chi connectivity index (χ0) is 10.3. The Bertz CT molecular complexity index is 148. The lowest BCUT2D eigenvalue weighted by molar-refractivity contribution is -0.127. The number of hydrogen-bond donors (Lipinski definition) is 2. The predicted molar refractivity (Wildman–Crippen MR) is 50.3 cm³/mol. The standard InChI is InChI=1S/C9H19NO3/c1-7(2)13-6-9(12)10-4-8(3)5-11/h7-8,11H,4-6H2,1-3H3,(H,10,12). The molecule has 0 fully saturated rings. The van der Waals surface area contributed by atoms with Crippen molar-refractivity contribution < 1.29 is 14.6 Å². The quantitative estimate of drug-likeness (QED) is 0.625. The highest BCUT2D eigenvalue weighted by atomic mass is 16.5. The van der Waals surface area contributed by atoms with E-state index in [2.05, 4.69) is 5.32 Å². The van der Waals surface area contributed by atoms with E-state index in [1.54, 1.807) is 0 Å². The van der Waals surface area contributed by atoms with Crippen LogP contribution in [0.15, 0.2) is 0 Å². The van der Waals surface area contributed by atoms with Gasteiger partial charge in [-0.1, -0.05) is 6.92 Å². The van der Waals surface area contributed by atoms with Gasteiger partial charge in [0.15, 0.2) is 0 Å². The lowest BCUT2D eigenvalue weighted by atomic mass is 10.2. The maximum Gasteiger partial charge on any atom is 0.246 e. The molecule has 0 spiro atoms. The van der Waals surface area contributed by atoms with Crippen molar-refractivity contribution in [1.29, 1.82) is 0 Å². The van der Waals surface area contributed by atoms with E-state index < -0.39 is 0 Å². The van der Waals surface area contributed by atoms with Crippen molar-refractivity contribution in [2.24, 2.45) is 5.92 Å². The van der Waals surface area contributed by atoms with Crippen LogP contribution in [0.1, 0.15) is 20.8 Å². The molecule has 0 aliphatic rings. The van der Waals surface area contributed by atoms with Crippen molar-refractivity contribution in [2.75, 3.05) is 19.8 Å². The Kier molecular flexibility index (Phi) is 6.54. The van der Waals surface area contributed by atoms with Crippen LogP contribution in [0.3, 0.4) is 0 Å². The van der Waals surface area contributed by atoms with E-state index in [1.165, 1.54) is 0 Å². The zero-order valence-electron chi connectivity index (χ0n) is 8.54. The van der Waals surface area contributed by atoms with E-state index >= 15 is 0 Å². The Morgan fingerprint density at radius 1 is 1.46 bits per heavy atom. The number of aliphatic hydroxyl groups is 1. The molecule has 1 amide bonds. The van der Waals surface area contributed by atoms with Crippen LogP contribution >= 0.6 is 0 Å². The van der Waals surface area contributed by atoms with Crippen LogP contribution in [-0.4, -0.2) is 36.9 Å². The van der Waals surface area contributed by atoms with Crippen molar-refractivity contribution in [3.8, 4) is 0 Å². The minimum Gasteiger partial charge on any atom is -0.396 e. The molecule has 0 aromatic rings. The van der Waals surface area contributed by atoms with E-state index in [4.69, 9.17) is 9.84 Å². The van der Waals surface area contributed by atoms with Gasteiger partial charge in [-0.05, 0) is 19.8 Å². The number of aliphatic hydroxyl groups excluding tert-OH is 1. The molecular formula is C9H19NO3. The van der Waals surface area contributed by atoms with Gasteiger partial charge in [-0.15, -0.1) is 0 Å². The van der Waals surface area contributed by atoms with Crippen molar-refractivity contribution >= 4 is 5.91 Å². The van der Waals surface area contributed by atoms with Gasteiger partial charge in [0, 0.05) is 13.2 Å². The summed E-state index contributed by atoms with van der Waals surface area (Å²) in [6.07, 6.45) is 0.0704. The fourth-order valence-corrected chi connectivity index (χ4v) is 0.646. The summed E-state index contributed by atoms with van der Waals surface area (Å²) in [4.78, 5) is 11.1. The molecule has 1 atom stereocenters. The van der Waals surface area contributed by atoms with E-state index in [0.29, 0.717) is 6.54 Å². The number of nitrogens with one attached hydrogen (secondary N) is 1. The number of hydrogen-bond acceptors (Lipinski definition) is 3. The third-order valence-electron chi connectivity index (χ3n) is 1.51. The van der Waals surface area contributed by atoms with Crippen LogP contribution in [0, 0.1) is 5.92 Å². The summed E-state index contributed by atoms with van der Waals surface area (Å²) < 4.78 is 5.10. The Balaban J connectivity index is 3.40. The molecule has 0 aromatic carbocycles. The SMILES string of the molecule is CC(CO)CNC(=O)COC(C)C. The summed E-state index contributed by atoms with van der Waals surface area (Å²) in [5.41, 5.74) is 0. The molecule has 2 N–H and O–H groups in total. The molecule has 0 heterocycles. The van der Waals surface area contributed by atoms with E-state index in [0.717, 1.165) is 0 Å². The van der Waals surface area contributed by atoms with E-state index in [-0.39, 0.29) is 31.1 Å². The summed E-state index contributed by atoms with van der Waals surface area (Å²) >= 11 is 0. The molecule has 0 aliphatic carbocycles. The number of rotatable bonds is 6. The first kappa shape index (κ1) is 12.4. The van der Waals surface area contributed by atoms with Gasteiger partial charge >= 0.3 is 0 Å². The number of amides is 1. The molecule has 0 radical (unpaired) electrons. The molecule has 0 aliphatic heterocycles. The molecule has 0 aromatic heterocycles. The Hall–Kier alpha value is -0.610. The monoisotopic (exact) mass is 189 g/mol. The van der Waals surface area contributed by atoms with Crippen molar-refractivity contribution in [3.05, 3.63) is 0 Å². The smallest absolute Gasteiger partial charge is 0.246 e. The molecular weight excluding hydrogens is 170 g/mol. The first-order chi connectivity index (χ1) is 6.06.